The molecular formula is C41H56F10O7. The second kappa shape index (κ2) is 21.2. The van der Waals surface area contributed by atoms with E-state index in [0.29, 0.717) is 40.9 Å². The maximum Gasteiger partial charge on any atom is 0.453 e. The van der Waals surface area contributed by atoms with Crippen molar-refractivity contribution in [3.63, 3.8) is 0 Å². The molecule has 17 heteroatoms. The summed E-state index contributed by atoms with van der Waals surface area (Å²) < 4.78 is 149. The van der Waals surface area contributed by atoms with Crippen LogP contribution in [-0.2, 0) is 48.4 Å². The van der Waals surface area contributed by atoms with Crippen LogP contribution in [0.25, 0.3) is 0 Å². The molecule has 4 aliphatic rings. The Bertz CT molecular complexity index is 1370. The van der Waals surface area contributed by atoms with Crippen LogP contribution in [0.15, 0.2) is 18.2 Å². The van der Waals surface area contributed by atoms with Crippen molar-refractivity contribution in [2.75, 3.05) is 13.2 Å². The second-order valence-electron chi connectivity index (χ2n) is 16.7. The molecule has 7 nitrogen and oxygen atoms in total. The smallest absolute Gasteiger partial charge is 0.453 e. The zero-order valence-electron chi connectivity index (χ0n) is 32.7. The van der Waals surface area contributed by atoms with Crippen molar-refractivity contribution in [2.45, 2.75) is 172 Å². The van der Waals surface area contributed by atoms with Gasteiger partial charge in [0.25, 0.3) is 0 Å². The zero-order valence-corrected chi connectivity index (χ0v) is 32.7. The Morgan fingerprint density at radius 3 is 1.47 bits per heavy atom. The molecule has 0 unspecified atom stereocenters. The number of hydrogen-bond donors (Lipinski definition) is 1. The van der Waals surface area contributed by atoms with E-state index < -0.39 is 49.3 Å². The molecule has 0 spiro atoms. The Morgan fingerprint density at radius 2 is 1.03 bits per heavy atom. The summed E-state index contributed by atoms with van der Waals surface area (Å²) in [4.78, 5) is 25.7. The summed E-state index contributed by atoms with van der Waals surface area (Å²) in [5.41, 5.74) is 1.74. The largest absolute Gasteiger partial charge is 0.461 e. The van der Waals surface area contributed by atoms with Crippen molar-refractivity contribution >= 4 is 11.9 Å². The van der Waals surface area contributed by atoms with Gasteiger partial charge < -0.3 is 24.1 Å². The number of ether oxygens (including phenoxy) is 4. The maximum atomic E-state index is 13.1. The number of benzene rings is 1. The predicted octanol–water partition coefficient (Wildman–Crippen LogP) is 11.3. The SMILES string of the molecule is O=C(CCC(OCCCCCCC(F)(F)C(F)(F)F)OCCCCCCC(F)(F)C(F)(F)F)OCc1cc(CO)cc(COC(=O)CC23CC4CC(CC(C4)C2)C3)c1. The molecule has 4 saturated carbocycles. The van der Waals surface area contributed by atoms with Crippen LogP contribution in [0.1, 0.15) is 139 Å². The first-order chi connectivity index (χ1) is 27.2. The fraction of sp³-hybridized carbons (Fsp3) is 0.805. The van der Waals surface area contributed by atoms with Gasteiger partial charge >= 0.3 is 36.1 Å². The summed E-state index contributed by atoms with van der Waals surface area (Å²) >= 11 is 0. The highest BCUT2D eigenvalue weighted by molar-refractivity contribution is 5.70. The molecule has 58 heavy (non-hydrogen) atoms. The molecule has 4 fully saturated rings. The third-order valence-corrected chi connectivity index (χ3v) is 11.6. The zero-order chi connectivity index (χ0) is 42.6. The summed E-state index contributed by atoms with van der Waals surface area (Å²) in [6.45, 7) is -0.422. The number of rotatable bonds is 26. The molecule has 5 rings (SSSR count). The lowest BCUT2D eigenvalue weighted by Crippen LogP contribution is -2.47. The van der Waals surface area contributed by atoms with Gasteiger partial charge in [0, 0.05) is 32.5 Å². The number of alkyl halides is 10. The van der Waals surface area contributed by atoms with Crippen molar-refractivity contribution < 1.29 is 77.5 Å². The average Bonchev–Trinajstić information content (AvgIpc) is 3.12. The average molecular weight is 851 g/mol. The molecule has 0 saturated heterocycles. The second-order valence-corrected chi connectivity index (χ2v) is 16.7. The van der Waals surface area contributed by atoms with Gasteiger partial charge in [0.2, 0.25) is 0 Å². The maximum absolute atomic E-state index is 13.1. The van der Waals surface area contributed by atoms with Gasteiger partial charge in [-0.25, -0.2) is 0 Å². The third-order valence-electron chi connectivity index (χ3n) is 11.6. The van der Waals surface area contributed by atoms with E-state index in [9.17, 15) is 58.6 Å². The molecule has 332 valence electrons. The number of halogens is 10. The Balaban J connectivity index is 1.20. The van der Waals surface area contributed by atoms with Crippen LogP contribution in [0.2, 0.25) is 0 Å². The number of unbranched alkanes of at least 4 members (excludes halogenated alkanes) is 6. The van der Waals surface area contributed by atoms with Gasteiger partial charge in [-0.1, -0.05) is 37.8 Å². The fourth-order valence-corrected chi connectivity index (χ4v) is 9.13. The highest BCUT2D eigenvalue weighted by Gasteiger charge is 2.57. The molecule has 0 aliphatic heterocycles. The first kappa shape index (κ1) is 48.0. The Hall–Kier alpha value is -2.66. The first-order valence-corrected chi connectivity index (χ1v) is 20.4. The van der Waals surface area contributed by atoms with Gasteiger partial charge in [-0.2, -0.15) is 43.9 Å². The van der Waals surface area contributed by atoms with Gasteiger partial charge in [-0.15, -0.1) is 0 Å². The van der Waals surface area contributed by atoms with Crippen molar-refractivity contribution in [2.24, 2.45) is 23.2 Å². The van der Waals surface area contributed by atoms with Crippen LogP contribution < -0.4 is 0 Å². The Morgan fingerprint density at radius 1 is 0.621 bits per heavy atom. The van der Waals surface area contributed by atoms with Gasteiger partial charge in [-0.3, -0.25) is 9.59 Å². The van der Waals surface area contributed by atoms with E-state index in [1.165, 1.54) is 19.3 Å². The number of aliphatic hydroxyl groups is 1. The minimum absolute atomic E-state index is 0.00356. The summed E-state index contributed by atoms with van der Waals surface area (Å²) in [7, 11) is 0. The standard InChI is InChI=1S/C41H56F10O7/c42-38(43,40(46,47)48)11-5-1-3-7-13-55-36(56-14-8-4-2-6-12-39(44,45)41(49,50)51)10-9-34(53)57-26-32-18-31(25-52)19-33(20-32)27-58-35(54)24-37-21-28-15-29(22-37)17-30(16-28)23-37/h18-20,28-30,36,52H,1-17,21-27H2. The van der Waals surface area contributed by atoms with Gasteiger partial charge in [-0.05, 0) is 110 Å². The van der Waals surface area contributed by atoms with E-state index in [0.717, 1.165) is 19.3 Å². The molecular weight excluding hydrogens is 794 g/mol. The van der Waals surface area contributed by atoms with E-state index in [-0.39, 0.29) is 109 Å². The summed E-state index contributed by atoms with van der Waals surface area (Å²) in [6, 6.07) is 5.07. The van der Waals surface area contributed by atoms with Crippen LogP contribution in [0, 0.1) is 23.2 Å². The van der Waals surface area contributed by atoms with Crippen LogP contribution in [0.3, 0.4) is 0 Å². The molecule has 0 aromatic heterocycles. The molecule has 4 aliphatic carbocycles. The molecule has 4 bridgehead atoms. The summed E-state index contributed by atoms with van der Waals surface area (Å²) in [6.07, 6.45) is -7.04. The van der Waals surface area contributed by atoms with Crippen LogP contribution in [-0.4, -0.2) is 60.7 Å². The molecule has 0 radical (unpaired) electrons. The predicted molar refractivity (Wildman–Crippen MR) is 190 cm³/mol. The number of hydrogen-bond acceptors (Lipinski definition) is 7. The highest BCUT2D eigenvalue weighted by atomic mass is 19.4. The van der Waals surface area contributed by atoms with Gasteiger partial charge in [0.05, 0.1) is 19.4 Å². The summed E-state index contributed by atoms with van der Waals surface area (Å²) in [5, 5.41) is 9.83. The monoisotopic (exact) mass is 850 g/mol. The Labute approximate surface area is 332 Å². The summed E-state index contributed by atoms with van der Waals surface area (Å²) in [5.74, 6) is -8.32. The van der Waals surface area contributed by atoms with E-state index in [1.807, 2.05) is 0 Å². The lowest BCUT2D eigenvalue weighted by molar-refractivity contribution is -0.284. The van der Waals surface area contributed by atoms with Crippen LogP contribution in [0.5, 0.6) is 0 Å². The fourth-order valence-electron chi connectivity index (χ4n) is 9.13. The molecule has 1 aromatic carbocycles. The lowest BCUT2D eigenvalue weighted by atomic mass is 9.49. The first-order valence-electron chi connectivity index (χ1n) is 20.4. The lowest BCUT2D eigenvalue weighted by Gasteiger charge is -2.56. The van der Waals surface area contributed by atoms with Gasteiger partial charge in [0.15, 0.2) is 6.29 Å². The molecule has 0 heterocycles. The number of carbonyl (C=O) groups is 2. The molecule has 0 atom stereocenters. The quantitative estimate of drug-likeness (QED) is 0.0430. The van der Waals surface area contributed by atoms with Crippen molar-refractivity contribution in [1.82, 2.24) is 0 Å². The highest BCUT2D eigenvalue weighted by Crippen LogP contribution is 2.61. The third kappa shape index (κ3) is 15.1. The van der Waals surface area contributed by atoms with Crippen molar-refractivity contribution in [3.05, 3.63) is 34.9 Å². The van der Waals surface area contributed by atoms with Crippen LogP contribution in [0.4, 0.5) is 43.9 Å². The van der Waals surface area contributed by atoms with E-state index >= 15 is 0 Å². The van der Waals surface area contributed by atoms with Crippen LogP contribution >= 0.6 is 0 Å². The minimum Gasteiger partial charge on any atom is -0.461 e. The number of aliphatic hydroxyl groups excluding tert-OH is 1. The Kier molecular flexibility index (Phi) is 17.6. The minimum atomic E-state index is -5.62. The number of esters is 2. The van der Waals surface area contributed by atoms with E-state index in [4.69, 9.17) is 18.9 Å². The normalized spacial score (nSPS) is 22.2. The van der Waals surface area contributed by atoms with Crippen molar-refractivity contribution in [1.29, 1.82) is 0 Å². The van der Waals surface area contributed by atoms with E-state index in [2.05, 4.69) is 0 Å². The topological polar surface area (TPSA) is 91.3 Å². The van der Waals surface area contributed by atoms with Gasteiger partial charge in [0.1, 0.15) is 13.2 Å². The molecule has 0 amide bonds. The molecule has 1 N–H and O–H groups in total. The van der Waals surface area contributed by atoms with Crippen molar-refractivity contribution in [3.8, 4) is 0 Å². The number of carbonyl (C=O) groups excluding carboxylic acids is 2. The molecule has 1 aromatic rings. The van der Waals surface area contributed by atoms with E-state index in [1.54, 1.807) is 18.2 Å².